The van der Waals surface area contributed by atoms with Gasteiger partial charge in [-0.3, -0.25) is 9.98 Å². The molecule has 89 heavy (non-hydrogen) atoms. The minimum Gasteiger partial charge on any atom is -0.497 e. The highest BCUT2D eigenvalue weighted by Crippen LogP contribution is 2.27. The van der Waals surface area contributed by atoms with Gasteiger partial charge in [-0.2, -0.15) is 20.5 Å². The van der Waals surface area contributed by atoms with E-state index in [0.717, 1.165) is 162 Å². The molecule has 0 spiro atoms. The fourth-order valence-corrected chi connectivity index (χ4v) is 9.30. The van der Waals surface area contributed by atoms with E-state index in [1.54, 1.807) is 14.2 Å². The fourth-order valence-electron chi connectivity index (χ4n) is 9.30. The first-order valence-corrected chi connectivity index (χ1v) is 31.6. The summed E-state index contributed by atoms with van der Waals surface area (Å²) in [5.74, 6) is 6.75. The number of benzene rings is 8. The maximum absolute atomic E-state index is 6.01. The zero-order chi connectivity index (χ0) is 61.4. The van der Waals surface area contributed by atoms with E-state index in [1.807, 2.05) is 207 Å². The summed E-state index contributed by atoms with van der Waals surface area (Å²) in [5, 5.41) is 17.2. The second-order valence-electron chi connectivity index (χ2n) is 21.5. The summed E-state index contributed by atoms with van der Waals surface area (Å²) in [7, 11) is 3.29. The minimum absolute atomic E-state index is 0.653. The first kappa shape index (κ1) is 65.7. The van der Waals surface area contributed by atoms with Crippen LogP contribution in [-0.4, -0.2) is 66.3 Å². The number of rotatable bonds is 42. The maximum atomic E-state index is 6.01. The summed E-state index contributed by atoms with van der Waals surface area (Å²) in [6.45, 7) is 4.18. The lowest BCUT2D eigenvalue weighted by Crippen LogP contribution is -2.00. The molecule has 0 fully saturated rings. The van der Waals surface area contributed by atoms with Crippen molar-refractivity contribution < 1.29 is 37.9 Å². The summed E-state index contributed by atoms with van der Waals surface area (Å²) in [6.07, 6.45) is 22.8. The summed E-state index contributed by atoms with van der Waals surface area (Å²) in [6, 6.07) is 62.4. The van der Waals surface area contributed by atoms with Crippen molar-refractivity contribution in [1.29, 1.82) is 0 Å². The van der Waals surface area contributed by atoms with Crippen LogP contribution in [0.15, 0.2) is 225 Å². The van der Waals surface area contributed by atoms with Crippen LogP contribution < -0.4 is 37.9 Å². The van der Waals surface area contributed by atoms with Crippen molar-refractivity contribution in [2.75, 3.05) is 53.9 Å². The standard InChI is InChI=1S/C75H86N6O8/c1-82-68-40-28-64(29-41-68)78-80-66-32-48-74(49-33-66)86-54-16-11-7-3-5-9-14-52-84-70-36-20-60(21-37-70)58-76-62-24-44-72(45-25-62)88-56-18-13-19-57-89-73-46-26-63(27-47-73)77-59-61-22-38-71(39-23-61)85-53-15-10-6-4-8-12-17-55-87-75-50-34-67(35-51-75)81-79-65-30-42-69(83-2)43-31-65/h20-51,58-59H,3-19,52-57H2,1-2H3. The largest absolute Gasteiger partial charge is 0.497 e. The van der Waals surface area contributed by atoms with Gasteiger partial charge in [0, 0.05) is 12.4 Å². The molecule has 0 aliphatic carbocycles. The van der Waals surface area contributed by atoms with Crippen molar-refractivity contribution in [3.05, 3.63) is 205 Å². The van der Waals surface area contributed by atoms with Crippen LogP contribution in [0, 0.1) is 0 Å². The highest BCUT2D eigenvalue weighted by Gasteiger charge is 2.04. The molecule has 0 aliphatic rings. The third-order valence-electron chi connectivity index (χ3n) is 14.5. The summed E-state index contributed by atoms with van der Waals surface area (Å²) in [4.78, 5) is 9.32. The Kier molecular flexibility index (Phi) is 29.1. The zero-order valence-electron chi connectivity index (χ0n) is 51.8. The molecule has 14 nitrogen and oxygen atoms in total. The lowest BCUT2D eigenvalue weighted by Gasteiger charge is -2.08. The van der Waals surface area contributed by atoms with Gasteiger partial charge in [0.05, 0.1) is 88.0 Å². The number of hydrogen-bond donors (Lipinski definition) is 0. The Morgan fingerprint density at radius 2 is 0.393 bits per heavy atom. The van der Waals surface area contributed by atoms with Crippen molar-refractivity contribution in [2.45, 2.75) is 109 Å². The van der Waals surface area contributed by atoms with E-state index in [-0.39, 0.29) is 0 Å². The van der Waals surface area contributed by atoms with Crippen molar-refractivity contribution in [3.63, 3.8) is 0 Å². The SMILES string of the molecule is COc1ccc(N=Nc2ccc(OCCCCCCCCCOc3ccc(C=Nc4ccc(OCCCCCOc5ccc(N=Cc6ccc(OCCCCCCCCCOc7ccc(N=Nc8ccc(OC)cc8)cc7)cc6)cc5)cc4)cc3)cc2)cc1. The number of azo groups is 2. The first-order chi connectivity index (χ1) is 44.0. The lowest BCUT2D eigenvalue weighted by atomic mass is 10.1. The van der Waals surface area contributed by atoms with E-state index in [2.05, 4.69) is 30.4 Å². The van der Waals surface area contributed by atoms with Gasteiger partial charge in [-0.15, -0.1) is 0 Å². The normalized spacial score (nSPS) is 11.4. The molecule has 8 rings (SSSR count). The molecule has 0 unspecified atom stereocenters. The summed E-state index contributed by atoms with van der Waals surface area (Å²) < 4.78 is 46.3. The number of aliphatic imine (C=N–C) groups is 2. The van der Waals surface area contributed by atoms with Gasteiger partial charge in [0.1, 0.15) is 46.0 Å². The highest BCUT2D eigenvalue weighted by molar-refractivity contribution is 5.82. The molecule has 0 aromatic heterocycles. The Balaban J connectivity index is 0.568. The molecule has 0 N–H and O–H groups in total. The van der Waals surface area contributed by atoms with E-state index < -0.39 is 0 Å². The Labute approximate surface area is 526 Å². The second kappa shape index (κ2) is 39.5. The van der Waals surface area contributed by atoms with Crippen LogP contribution in [0.5, 0.6) is 46.0 Å². The highest BCUT2D eigenvalue weighted by atomic mass is 16.5. The third-order valence-corrected chi connectivity index (χ3v) is 14.5. The number of unbranched alkanes of at least 4 members (excludes halogenated alkanes) is 14. The Morgan fingerprint density at radius 1 is 0.213 bits per heavy atom. The number of methoxy groups -OCH3 is 2. The lowest BCUT2D eigenvalue weighted by molar-refractivity contribution is 0.279. The van der Waals surface area contributed by atoms with Crippen molar-refractivity contribution in [3.8, 4) is 46.0 Å². The van der Waals surface area contributed by atoms with Gasteiger partial charge in [-0.1, -0.05) is 64.2 Å². The minimum atomic E-state index is 0.653. The molecule has 0 amide bonds. The summed E-state index contributed by atoms with van der Waals surface area (Å²) in [5.41, 5.74) is 6.91. The van der Waals surface area contributed by atoms with Crippen molar-refractivity contribution in [1.82, 2.24) is 0 Å². The molecule has 464 valence electrons. The Hall–Kier alpha value is -9.30. The van der Waals surface area contributed by atoms with Crippen molar-refractivity contribution in [2.24, 2.45) is 30.4 Å². The van der Waals surface area contributed by atoms with Crippen LogP contribution in [-0.2, 0) is 0 Å². The summed E-state index contributed by atoms with van der Waals surface area (Å²) >= 11 is 0. The van der Waals surface area contributed by atoms with E-state index in [0.29, 0.717) is 26.4 Å². The molecule has 14 heteroatoms. The number of ether oxygens (including phenoxy) is 8. The average molecular weight is 1200 g/mol. The van der Waals surface area contributed by atoms with Gasteiger partial charge >= 0.3 is 0 Å². The number of nitrogens with zero attached hydrogens (tertiary/aromatic N) is 6. The van der Waals surface area contributed by atoms with Crippen LogP contribution in [0.1, 0.15) is 120 Å². The topological polar surface area (TPSA) is 148 Å². The van der Waals surface area contributed by atoms with Crippen LogP contribution in [0.3, 0.4) is 0 Å². The third kappa shape index (κ3) is 26.3. The van der Waals surface area contributed by atoms with Gasteiger partial charge < -0.3 is 37.9 Å². The number of hydrogen-bond acceptors (Lipinski definition) is 14. The van der Waals surface area contributed by atoms with E-state index in [1.165, 1.54) is 51.4 Å². The van der Waals surface area contributed by atoms with Gasteiger partial charge in [-0.25, -0.2) is 0 Å². The molecule has 0 radical (unpaired) electrons. The fraction of sp³-hybridized carbons (Fsp3) is 0.333. The second-order valence-corrected chi connectivity index (χ2v) is 21.5. The molecule has 8 aromatic rings. The van der Waals surface area contributed by atoms with E-state index >= 15 is 0 Å². The van der Waals surface area contributed by atoms with Gasteiger partial charge in [0.25, 0.3) is 0 Å². The quantitative estimate of drug-likeness (QED) is 0.0209. The predicted octanol–water partition coefficient (Wildman–Crippen LogP) is 21.0. The first-order valence-electron chi connectivity index (χ1n) is 31.6. The predicted molar refractivity (Wildman–Crippen MR) is 359 cm³/mol. The average Bonchev–Trinajstić information content (AvgIpc) is 3.74. The molecule has 0 atom stereocenters. The Morgan fingerprint density at radius 3 is 0.618 bits per heavy atom. The molecule has 0 heterocycles. The van der Waals surface area contributed by atoms with Gasteiger partial charge in [0.15, 0.2) is 0 Å². The maximum Gasteiger partial charge on any atom is 0.119 e. The van der Waals surface area contributed by atoms with Crippen LogP contribution in [0.4, 0.5) is 34.1 Å². The molecule has 8 aromatic carbocycles. The molecule has 0 bridgehead atoms. The van der Waals surface area contributed by atoms with Gasteiger partial charge in [0.2, 0.25) is 0 Å². The monoisotopic (exact) mass is 1200 g/mol. The molecular weight excluding hydrogens is 1110 g/mol. The van der Waals surface area contributed by atoms with Crippen LogP contribution >= 0.6 is 0 Å². The van der Waals surface area contributed by atoms with E-state index in [9.17, 15) is 0 Å². The van der Waals surface area contributed by atoms with Crippen LogP contribution in [0.2, 0.25) is 0 Å². The molecular formula is C75H86N6O8. The molecule has 0 saturated heterocycles. The molecule has 0 aliphatic heterocycles. The molecule has 0 saturated carbocycles. The van der Waals surface area contributed by atoms with Crippen molar-refractivity contribution >= 4 is 46.6 Å². The van der Waals surface area contributed by atoms with Crippen LogP contribution in [0.25, 0.3) is 0 Å². The van der Waals surface area contributed by atoms with Gasteiger partial charge in [-0.05, 0) is 250 Å². The Bertz CT molecular complexity index is 3080. The zero-order valence-corrected chi connectivity index (χ0v) is 51.8. The smallest absolute Gasteiger partial charge is 0.119 e. The van der Waals surface area contributed by atoms with E-state index in [4.69, 9.17) is 37.9 Å².